The number of rotatable bonds is 2. The highest BCUT2D eigenvalue weighted by Gasteiger charge is 2.34. The molecular weight excluding hydrogens is 681 g/mol. The Morgan fingerprint density at radius 2 is 0.929 bits per heavy atom. The van der Waals surface area contributed by atoms with E-state index in [0.717, 1.165) is 25.7 Å². The zero-order valence-corrected chi connectivity index (χ0v) is 31.8. The summed E-state index contributed by atoms with van der Waals surface area (Å²) in [4.78, 5) is 9.93. The van der Waals surface area contributed by atoms with E-state index in [2.05, 4.69) is 191 Å². The molecule has 4 aliphatic heterocycles. The number of hydrogen-bond donors (Lipinski definition) is 0. The van der Waals surface area contributed by atoms with Crippen molar-refractivity contribution in [3.05, 3.63) is 174 Å². The molecule has 2 atom stereocenters. The van der Waals surface area contributed by atoms with Crippen LogP contribution in [0.1, 0.15) is 23.1 Å². The molecule has 0 bridgehead atoms. The number of anilines is 9. The second-order valence-electron chi connectivity index (χ2n) is 16.1. The predicted octanol–water partition coefficient (Wildman–Crippen LogP) is 13.1. The highest BCUT2D eigenvalue weighted by molar-refractivity contribution is 6.23. The number of allylic oxidation sites excluding steroid dienone is 2. The molecule has 7 aromatic rings. The zero-order chi connectivity index (χ0) is 37.1. The summed E-state index contributed by atoms with van der Waals surface area (Å²) in [6, 6.07) is 50.9. The van der Waals surface area contributed by atoms with Crippen molar-refractivity contribution in [1.29, 1.82) is 0 Å². The normalized spacial score (nSPS) is 18.3. The quantitative estimate of drug-likeness (QED) is 0.176. The maximum absolute atomic E-state index is 2.60. The minimum atomic E-state index is 0.286. The number of para-hydroxylation sites is 3. The standard InChI is InChI=1S/C52H42N4/c1-53-47-29-30-48-52-42(40-26-24-38(32-50(40)54(48)2)56-45-17-9-5-13-35(45)21-22-36-14-6-10-18-46(36)56)28-27-41(51(47)52)39-25-23-37(31-49(39)53)55-43-15-7-3-11-33(43)19-20-34-12-4-8-16-44(34)55/h3-18,23-33,43H,19-22H2,1-2H3. The van der Waals surface area contributed by atoms with E-state index < -0.39 is 0 Å². The SMILES string of the molecule is CN1c2cc(N3c4ccccc4CCc4ccccc43)ccc2-c2ccc3c4c(ccc1c24)N(C)c1cc(N2c4ccccc4CCC4C=CC=CC42)ccc1-3. The van der Waals surface area contributed by atoms with Gasteiger partial charge in [-0.15, -0.1) is 0 Å². The second kappa shape index (κ2) is 12.0. The van der Waals surface area contributed by atoms with Crippen molar-refractivity contribution in [2.24, 2.45) is 5.92 Å². The Balaban J connectivity index is 0.991. The summed E-state index contributed by atoms with van der Waals surface area (Å²) in [6.07, 6.45) is 13.6. The van der Waals surface area contributed by atoms with Crippen molar-refractivity contribution in [3.63, 3.8) is 0 Å². The maximum Gasteiger partial charge on any atom is 0.0588 e. The minimum absolute atomic E-state index is 0.286. The number of fused-ring (bicyclic) bond motifs is 8. The monoisotopic (exact) mass is 722 g/mol. The third kappa shape index (κ3) is 4.47. The number of hydrogen-bond acceptors (Lipinski definition) is 4. The van der Waals surface area contributed by atoms with Crippen molar-refractivity contribution in [1.82, 2.24) is 0 Å². The first-order valence-electron chi connectivity index (χ1n) is 20.2. The van der Waals surface area contributed by atoms with E-state index in [0.29, 0.717) is 5.92 Å². The molecule has 0 fully saturated rings. The van der Waals surface area contributed by atoms with Crippen LogP contribution in [0.5, 0.6) is 0 Å². The van der Waals surface area contributed by atoms with E-state index >= 15 is 0 Å². The van der Waals surface area contributed by atoms with Gasteiger partial charge in [0.15, 0.2) is 0 Å². The van der Waals surface area contributed by atoms with Crippen molar-refractivity contribution < 1.29 is 0 Å². The summed E-state index contributed by atoms with van der Waals surface area (Å²) in [5.74, 6) is 0.477. The van der Waals surface area contributed by atoms with Crippen molar-refractivity contribution in [2.75, 3.05) is 33.7 Å². The first-order chi connectivity index (χ1) is 27.6. The average molecular weight is 723 g/mol. The van der Waals surface area contributed by atoms with E-state index in [1.807, 2.05) is 0 Å². The Hall–Kier alpha value is -6.52. The van der Waals surface area contributed by atoms with Crippen LogP contribution in [0.3, 0.4) is 0 Å². The summed E-state index contributed by atoms with van der Waals surface area (Å²) in [6.45, 7) is 0. The average Bonchev–Trinajstić information content (AvgIpc) is 3.53. The molecule has 1 aliphatic carbocycles. The Morgan fingerprint density at radius 1 is 0.429 bits per heavy atom. The van der Waals surface area contributed by atoms with Gasteiger partial charge in [0.1, 0.15) is 0 Å². The molecule has 5 aliphatic rings. The molecule has 0 saturated heterocycles. The highest BCUT2D eigenvalue weighted by atomic mass is 15.2. The van der Waals surface area contributed by atoms with Crippen LogP contribution >= 0.6 is 0 Å². The molecule has 0 N–H and O–H groups in total. The number of nitrogens with zero attached hydrogens (tertiary/aromatic N) is 4. The van der Waals surface area contributed by atoms with E-state index in [-0.39, 0.29) is 6.04 Å². The van der Waals surface area contributed by atoms with Gasteiger partial charge < -0.3 is 19.6 Å². The van der Waals surface area contributed by atoms with Crippen LogP contribution in [0.2, 0.25) is 0 Å². The van der Waals surface area contributed by atoms with Gasteiger partial charge in [-0.25, -0.2) is 0 Å². The van der Waals surface area contributed by atoms with Gasteiger partial charge in [-0.2, -0.15) is 0 Å². The van der Waals surface area contributed by atoms with Crippen molar-refractivity contribution in [2.45, 2.75) is 31.7 Å². The molecule has 0 radical (unpaired) electrons. The van der Waals surface area contributed by atoms with Crippen LogP contribution in [0.4, 0.5) is 51.2 Å². The van der Waals surface area contributed by atoms with Crippen LogP contribution in [-0.4, -0.2) is 20.1 Å². The topological polar surface area (TPSA) is 13.0 Å². The fourth-order valence-corrected chi connectivity index (χ4v) is 10.6. The van der Waals surface area contributed by atoms with E-state index in [4.69, 9.17) is 0 Å². The Morgan fingerprint density at radius 3 is 1.55 bits per heavy atom. The van der Waals surface area contributed by atoms with Crippen LogP contribution in [0.25, 0.3) is 33.0 Å². The molecule has 0 spiro atoms. The lowest BCUT2D eigenvalue weighted by atomic mass is 9.84. The van der Waals surface area contributed by atoms with E-state index in [9.17, 15) is 0 Å². The Labute approximate surface area is 328 Å². The fourth-order valence-electron chi connectivity index (χ4n) is 10.6. The fraction of sp³-hybridized carbons (Fsp3) is 0.154. The van der Waals surface area contributed by atoms with Gasteiger partial charge in [-0.1, -0.05) is 103 Å². The molecule has 0 amide bonds. The van der Waals surface area contributed by atoms with Crippen LogP contribution < -0.4 is 19.6 Å². The molecule has 2 unspecified atom stereocenters. The van der Waals surface area contributed by atoms with Gasteiger partial charge >= 0.3 is 0 Å². The highest BCUT2D eigenvalue weighted by Crippen LogP contribution is 2.57. The molecule has 56 heavy (non-hydrogen) atoms. The molecule has 270 valence electrons. The van der Waals surface area contributed by atoms with Gasteiger partial charge in [0.2, 0.25) is 0 Å². The van der Waals surface area contributed by atoms with E-state index in [1.54, 1.807) is 0 Å². The lowest BCUT2D eigenvalue weighted by molar-refractivity contribution is 0.535. The van der Waals surface area contributed by atoms with Gasteiger partial charge in [-0.3, -0.25) is 0 Å². The molecule has 0 aromatic heterocycles. The van der Waals surface area contributed by atoms with Crippen LogP contribution in [0.15, 0.2) is 158 Å². The van der Waals surface area contributed by atoms with Crippen LogP contribution in [-0.2, 0) is 19.3 Å². The predicted molar refractivity (Wildman–Crippen MR) is 235 cm³/mol. The van der Waals surface area contributed by atoms with Gasteiger partial charge in [0.05, 0.1) is 17.4 Å². The van der Waals surface area contributed by atoms with Gasteiger partial charge in [-0.05, 0) is 108 Å². The third-order valence-electron chi connectivity index (χ3n) is 13.3. The lowest BCUT2D eigenvalue weighted by Gasteiger charge is -2.38. The molecule has 12 rings (SSSR count). The maximum atomic E-state index is 2.60. The largest absolute Gasteiger partial charge is 0.344 e. The number of aryl methyl sites for hydroxylation is 3. The molecule has 4 nitrogen and oxygen atoms in total. The lowest BCUT2D eigenvalue weighted by Crippen LogP contribution is -2.35. The molecule has 0 saturated carbocycles. The molecule has 4 heteroatoms. The summed E-state index contributed by atoms with van der Waals surface area (Å²) in [7, 11) is 4.50. The smallest absolute Gasteiger partial charge is 0.0588 e. The molecule has 4 heterocycles. The third-order valence-corrected chi connectivity index (χ3v) is 13.3. The first kappa shape index (κ1) is 31.8. The summed E-state index contributed by atoms with van der Waals surface area (Å²) in [5.41, 5.74) is 20.7. The Kier molecular flexibility index (Phi) is 6.81. The number of benzene rings is 7. The zero-order valence-electron chi connectivity index (χ0n) is 31.8. The summed E-state index contributed by atoms with van der Waals surface area (Å²) >= 11 is 0. The van der Waals surface area contributed by atoms with Crippen LogP contribution in [0, 0.1) is 5.92 Å². The van der Waals surface area contributed by atoms with Crippen molar-refractivity contribution in [3.8, 4) is 22.3 Å². The van der Waals surface area contributed by atoms with Gasteiger partial charge in [0.25, 0.3) is 0 Å². The van der Waals surface area contributed by atoms with Crippen molar-refractivity contribution >= 4 is 62.0 Å². The Bertz CT molecular complexity index is 2800. The summed E-state index contributed by atoms with van der Waals surface area (Å²) in [5, 5.41) is 2.67. The van der Waals surface area contributed by atoms with E-state index in [1.165, 1.54) is 101 Å². The molecular formula is C52H42N4. The second-order valence-corrected chi connectivity index (χ2v) is 16.1. The van der Waals surface area contributed by atoms with Gasteiger partial charge in [0, 0.05) is 81.7 Å². The first-order valence-corrected chi connectivity index (χ1v) is 20.2. The molecule has 7 aromatic carbocycles. The minimum Gasteiger partial charge on any atom is -0.344 e. The summed E-state index contributed by atoms with van der Waals surface area (Å²) < 4.78 is 0.